The maximum absolute atomic E-state index is 11.7. The fourth-order valence-corrected chi connectivity index (χ4v) is 1.81. The highest BCUT2D eigenvalue weighted by molar-refractivity contribution is 5.75. The number of carboxylic acid groups (broad SMARTS) is 1. The molecule has 0 radical (unpaired) electrons. The summed E-state index contributed by atoms with van der Waals surface area (Å²) < 4.78 is 0. The van der Waals surface area contributed by atoms with Gasteiger partial charge in [-0.3, -0.25) is 9.78 Å². The Kier molecular flexibility index (Phi) is 6.49. The first-order valence-corrected chi connectivity index (χ1v) is 6.69. The van der Waals surface area contributed by atoms with E-state index in [4.69, 9.17) is 5.11 Å². The lowest BCUT2D eigenvalue weighted by atomic mass is 10.1. The molecule has 1 heterocycles. The fraction of sp³-hybridized carbons (Fsp3) is 0.500. The van der Waals surface area contributed by atoms with Crippen molar-refractivity contribution in [1.29, 1.82) is 0 Å². The Balaban J connectivity index is 2.41. The SMILES string of the molecule is CCCC(CC(=O)O)NC(=O)NCc1ccc(C)nc1. The number of aryl methyl sites for hydroxylation is 1. The molecule has 1 rings (SSSR count). The Morgan fingerprint density at radius 3 is 2.70 bits per heavy atom. The summed E-state index contributed by atoms with van der Waals surface area (Å²) in [6.07, 6.45) is 3.11. The van der Waals surface area contributed by atoms with Crippen LogP contribution >= 0.6 is 0 Å². The number of nitrogens with one attached hydrogen (secondary N) is 2. The maximum atomic E-state index is 11.7. The first-order valence-electron chi connectivity index (χ1n) is 6.69. The second-order valence-electron chi connectivity index (χ2n) is 4.72. The lowest BCUT2D eigenvalue weighted by Gasteiger charge is -2.16. The van der Waals surface area contributed by atoms with E-state index in [0.717, 1.165) is 17.7 Å². The molecule has 1 aromatic rings. The highest BCUT2D eigenvalue weighted by Gasteiger charge is 2.14. The van der Waals surface area contributed by atoms with Gasteiger partial charge < -0.3 is 15.7 Å². The first-order chi connectivity index (χ1) is 9.51. The van der Waals surface area contributed by atoms with E-state index in [1.54, 1.807) is 6.20 Å². The van der Waals surface area contributed by atoms with Crippen molar-refractivity contribution in [2.24, 2.45) is 0 Å². The molecule has 0 fully saturated rings. The normalized spacial score (nSPS) is 11.7. The molecule has 0 spiro atoms. The zero-order chi connectivity index (χ0) is 15.0. The van der Waals surface area contributed by atoms with E-state index in [1.165, 1.54) is 0 Å². The van der Waals surface area contributed by atoms with Crippen molar-refractivity contribution in [2.45, 2.75) is 45.7 Å². The maximum Gasteiger partial charge on any atom is 0.315 e. The van der Waals surface area contributed by atoms with Crippen LogP contribution in [0.5, 0.6) is 0 Å². The molecule has 0 aliphatic heterocycles. The van der Waals surface area contributed by atoms with Crippen LogP contribution in [0.4, 0.5) is 4.79 Å². The van der Waals surface area contributed by atoms with E-state index >= 15 is 0 Å². The molecule has 3 N–H and O–H groups in total. The molecule has 1 unspecified atom stereocenters. The standard InChI is InChI=1S/C14H21N3O3/c1-3-4-12(7-13(18)19)17-14(20)16-9-11-6-5-10(2)15-8-11/h5-6,8,12H,3-4,7,9H2,1-2H3,(H,18,19)(H2,16,17,20). The van der Waals surface area contributed by atoms with Crippen molar-refractivity contribution in [3.8, 4) is 0 Å². The lowest BCUT2D eigenvalue weighted by Crippen LogP contribution is -2.42. The third-order valence-corrected chi connectivity index (χ3v) is 2.82. The summed E-state index contributed by atoms with van der Waals surface area (Å²) in [5.41, 5.74) is 1.82. The van der Waals surface area contributed by atoms with Crippen LogP contribution in [-0.2, 0) is 11.3 Å². The Hall–Kier alpha value is -2.11. The van der Waals surface area contributed by atoms with Gasteiger partial charge >= 0.3 is 12.0 Å². The molecular formula is C14H21N3O3. The van der Waals surface area contributed by atoms with Crippen molar-refractivity contribution in [2.75, 3.05) is 0 Å². The van der Waals surface area contributed by atoms with Crippen LogP contribution in [0.1, 0.15) is 37.4 Å². The zero-order valence-electron chi connectivity index (χ0n) is 11.8. The van der Waals surface area contributed by atoms with Gasteiger partial charge in [0.1, 0.15) is 0 Å². The van der Waals surface area contributed by atoms with Crippen LogP contribution in [0, 0.1) is 6.92 Å². The fourth-order valence-electron chi connectivity index (χ4n) is 1.81. The van der Waals surface area contributed by atoms with Crippen molar-refractivity contribution in [1.82, 2.24) is 15.6 Å². The molecule has 2 amide bonds. The molecule has 0 bridgehead atoms. The first kappa shape index (κ1) is 15.9. The quantitative estimate of drug-likeness (QED) is 0.710. The minimum Gasteiger partial charge on any atom is -0.481 e. The Labute approximate surface area is 118 Å². The lowest BCUT2D eigenvalue weighted by molar-refractivity contribution is -0.137. The number of amides is 2. The number of carbonyl (C=O) groups is 2. The van der Waals surface area contributed by atoms with Gasteiger partial charge in [-0.05, 0) is 25.0 Å². The minimum absolute atomic E-state index is 0.0622. The largest absolute Gasteiger partial charge is 0.481 e. The van der Waals surface area contributed by atoms with Crippen molar-refractivity contribution in [3.63, 3.8) is 0 Å². The van der Waals surface area contributed by atoms with Gasteiger partial charge in [0.15, 0.2) is 0 Å². The Bertz CT molecular complexity index is 445. The van der Waals surface area contributed by atoms with E-state index in [2.05, 4.69) is 15.6 Å². The van der Waals surface area contributed by atoms with Crippen molar-refractivity contribution < 1.29 is 14.7 Å². The molecule has 0 aromatic carbocycles. The summed E-state index contributed by atoms with van der Waals surface area (Å²) in [6.45, 7) is 4.21. The minimum atomic E-state index is -0.911. The molecule has 20 heavy (non-hydrogen) atoms. The molecule has 0 aliphatic rings. The summed E-state index contributed by atoms with van der Waals surface area (Å²) in [6, 6.07) is 3.07. The molecular weight excluding hydrogens is 258 g/mol. The van der Waals surface area contributed by atoms with Gasteiger partial charge in [-0.15, -0.1) is 0 Å². The number of hydrogen-bond donors (Lipinski definition) is 3. The molecule has 0 aliphatic carbocycles. The van der Waals surface area contributed by atoms with Gasteiger partial charge in [-0.2, -0.15) is 0 Å². The smallest absolute Gasteiger partial charge is 0.315 e. The number of carbonyl (C=O) groups excluding carboxylic acids is 1. The third-order valence-electron chi connectivity index (χ3n) is 2.82. The Morgan fingerprint density at radius 1 is 1.40 bits per heavy atom. The Morgan fingerprint density at radius 2 is 2.15 bits per heavy atom. The zero-order valence-corrected chi connectivity index (χ0v) is 11.8. The molecule has 1 aromatic heterocycles. The van der Waals surface area contributed by atoms with Gasteiger partial charge in [0.05, 0.1) is 6.42 Å². The average molecular weight is 279 g/mol. The van der Waals surface area contributed by atoms with Crippen LogP contribution in [0.25, 0.3) is 0 Å². The van der Waals surface area contributed by atoms with Crippen LogP contribution in [0.15, 0.2) is 18.3 Å². The highest BCUT2D eigenvalue weighted by atomic mass is 16.4. The summed E-state index contributed by atoms with van der Waals surface area (Å²) in [5, 5.41) is 14.2. The monoisotopic (exact) mass is 279 g/mol. The number of carboxylic acids is 1. The molecule has 6 nitrogen and oxygen atoms in total. The number of hydrogen-bond acceptors (Lipinski definition) is 3. The number of aliphatic carboxylic acids is 1. The van der Waals surface area contributed by atoms with Crippen LogP contribution in [0.2, 0.25) is 0 Å². The number of pyridine rings is 1. The number of urea groups is 1. The van der Waals surface area contributed by atoms with Crippen LogP contribution in [0.3, 0.4) is 0 Å². The second-order valence-corrected chi connectivity index (χ2v) is 4.72. The van der Waals surface area contributed by atoms with Gasteiger partial charge in [-0.1, -0.05) is 19.4 Å². The van der Waals surface area contributed by atoms with Gasteiger partial charge in [0.25, 0.3) is 0 Å². The molecule has 0 saturated carbocycles. The predicted molar refractivity (Wildman–Crippen MR) is 75.3 cm³/mol. The van der Waals surface area contributed by atoms with Crippen LogP contribution in [-0.4, -0.2) is 28.1 Å². The number of aromatic nitrogens is 1. The molecule has 6 heteroatoms. The molecule has 1 atom stereocenters. The number of nitrogens with zero attached hydrogens (tertiary/aromatic N) is 1. The number of rotatable bonds is 7. The van der Waals surface area contributed by atoms with Gasteiger partial charge in [0, 0.05) is 24.5 Å². The summed E-state index contributed by atoms with van der Waals surface area (Å²) in [4.78, 5) is 26.5. The van der Waals surface area contributed by atoms with E-state index in [1.807, 2.05) is 26.0 Å². The third kappa shape index (κ3) is 6.17. The van der Waals surface area contributed by atoms with Crippen LogP contribution < -0.4 is 10.6 Å². The summed E-state index contributed by atoms with van der Waals surface area (Å²) in [7, 11) is 0. The summed E-state index contributed by atoms with van der Waals surface area (Å²) >= 11 is 0. The predicted octanol–water partition coefficient (Wildman–Crippen LogP) is 1.83. The van der Waals surface area contributed by atoms with E-state index < -0.39 is 5.97 Å². The van der Waals surface area contributed by atoms with Gasteiger partial charge in [0.2, 0.25) is 0 Å². The van der Waals surface area contributed by atoms with Crippen molar-refractivity contribution in [3.05, 3.63) is 29.6 Å². The average Bonchev–Trinajstić information content (AvgIpc) is 2.37. The molecule has 110 valence electrons. The van der Waals surface area contributed by atoms with Crippen molar-refractivity contribution >= 4 is 12.0 Å². The molecule has 0 saturated heterocycles. The topological polar surface area (TPSA) is 91.3 Å². The van der Waals surface area contributed by atoms with E-state index in [0.29, 0.717) is 13.0 Å². The van der Waals surface area contributed by atoms with Gasteiger partial charge in [-0.25, -0.2) is 4.79 Å². The summed E-state index contributed by atoms with van der Waals surface area (Å²) in [5.74, 6) is -0.911. The highest BCUT2D eigenvalue weighted by Crippen LogP contribution is 2.02. The van der Waals surface area contributed by atoms with E-state index in [-0.39, 0.29) is 18.5 Å². The second kappa shape index (κ2) is 8.14. The van der Waals surface area contributed by atoms with E-state index in [9.17, 15) is 9.59 Å².